The van der Waals surface area contributed by atoms with Crippen LogP contribution < -0.4 is 16.4 Å². The summed E-state index contributed by atoms with van der Waals surface area (Å²) in [5.41, 5.74) is 6.68. The lowest BCUT2D eigenvalue weighted by atomic mass is 9.92. The molecule has 0 spiro atoms. The average molecular weight is 263 g/mol. The third-order valence-electron chi connectivity index (χ3n) is 3.18. The fourth-order valence-corrected chi connectivity index (χ4v) is 1.81. The van der Waals surface area contributed by atoms with E-state index in [1.165, 1.54) is 4.90 Å². The van der Waals surface area contributed by atoms with Crippen molar-refractivity contribution in [1.82, 2.24) is 4.98 Å². The number of benzene rings is 1. The lowest BCUT2D eigenvalue weighted by Crippen LogP contribution is -2.42. The maximum atomic E-state index is 12.3. The van der Waals surface area contributed by atoms with E-state index in [0.717, 1.165) is 0 Å². The molecule has 1 aromatic heterocycles. The number of anilines is 1. The molecule has 0 aliphatic heterocycles. The number of rotatable bonds is 3. The normalized spacial score (nSPS) is 11.8. The summed E-state index contributed by atoms with van der Waals surface area (Å²) in [4.78, 5) is 27.5. The number of amides is 1. The van der Waals surface area contributed by atoms with Crippen LogP contribution in [0.2, 0.25) is 0 Å². The second-order valence-electron chi connectivity index (χ2n) is 5.15. The maximum Gasteiger partial charge on any atom is 0.417 e. The molecule has 0 bridgehead atoms. The number of fused-ring (bicyclic) bond motifs is 1. The van der Waals surface area contributed by atoms with Crippen LogP contribution >= 0.6 is 0 Å². The van der Waals surface area contributed by atoms with E-state index in [1.807, 2.05) is 0 Å². The van der Waals surface area contributed by atoms with E-state index >= 15 is 0 Å². The van der Waals surface area contributed by atoms with E-state index in [0.29, 0.717) is 16.8 Å². The van der Waals surface area contributed by atoms with Crippen molar-refractivity contribution in [3.8, 4) is 0 Å². The first-order valence-corrected chi connectivity index (χ1v) is 5.96. The van der Waals surface area contributed by atoms with Crippen molar-refractivity contribution < 1.29 is 9.21 Å². The van der Waals surface area contributed by atoms with Crippen LogP contribution in [0.1, 0.15) is 13.8 Å². The molecule has 3 N–H and O–H groups in total. The number of oxazole rings is 1. The first kappa shape index (κ1) is 13.4. The molecule has 1 aromatic carbocycles. The largest absolute Gasteiger partial charge is 0.417 e. The standard InChI is InChI=1S/C13H17N3O3/c1-13(2,7-14)11(17)16(3)8-4-5-10-9(6-8)15-12(18)19-10/h4-6H,7,14H2,1-3H3,(H,15,18). The van der Waals surface area contributed by atoms with Crippen LogP contribution in [0.25, 0.3) is 11.1 Å². The monoisotopic (exact) mass is 263 g/mol. The van der Waals surface area contributed by atoms with Gasteiger partial charge in [0.05, 0.1) is 10.9 Å². The Hall–Kier alpha value is -2.08. The van der Waals surface area contributed by atoms with Gasteiger partial charge >= 0.3 is 5.76 Å². The van der Waals surface area contributed by atoms with Crippen molar-refractivity contribution in [2.24, 2.45) is 11.1 Å². The Balaban J connectivity index is 2.38. The van der Waals surface area contributed by atoms with Crippen molar-refractivity contribution in [3.05, 3.63) is 28.7 Å². The van der Waals surface area contributed by atoms with Gasteiger partial charge in [-0.25, -0.2) is 4.79 Å². The Morgan fingerprint density at radius 3 is 2.79 bits per heavy atom. The van der Waals surface area contributed by atoms with Crippen molar-refractivity contribution in [2.75, 3.05) is 18.5 Å². The molecule has 102 valence electrons. The Morgan fingerprint density at radius 1 is 1.47 bits per heavy atom. The summed E-state index contributed by atoms with van der Waals surface area (Å²) < 4.78 is 4.92. The minimum absolute atomic E-state index is 0.0832. The average Bonchev–Trinajstić information content (AvgIpc) is 2.75. The van der Waals surface area contributed by atoms with Gasteiger partial charge in [-0.2, -0.15) is 0 Å². The van der Waals surface area contributed by atoms with Crippen molar-refractivity contribution >= 4 is 22.7 Å². The number of aromatic nitrogens is 1. The second-order valence-corrected chi connectivity index (χ2v) is 5.15. The van der Waals surface area contributed by atoms with Crippen LogP contribution in [0, 0.1) is 5.41 Å². The van der Waals surface area contributed by atoms with Crippen LogP contribution in [0.5, 0.6) is 0 Å². The highest BCUT2D eigenvalue weighted by molar-refractivity contribution is 5.98. The predicted octanol–water partition coefficient (Wildman–Crippen LogP) is 1.07. The van der Waals surface area contributed by atoms with E-state index in [9.17, 15) is 9.59 Å². The number of aromatic amines is 1. The molecule has 6 nitrogen and oxygen atoms in total. The molecule has 6 heteroatoms. The zero-order chi connectivity index (χ0) is 14.2. The molecule has 0 fully saturated rings. The van der Waals surface area contributed by atoms with Crippen LogP contribution in [-0.2, 0) is 4.79 Å². The smallest absolute Gasteiger partial charge is 0.408 e. The van der Waals surface area contributed by atoms with Crippen LogP contribution in [-0.4, -0.2) is 24.5 Å². The van der Waals surface area contributed by atoms with Crippen molar-refractivity contribution in [3.63, 3.8) is 0 Å². The molecule has 2 rings (SSSR count). The minimum atomic E-state index is -0.631. The molecule has 0 unspecified atom stereocenters. The summed E-state index contributed by atoms with van der Waals surface area (Å²) in [7, 11) is 1.68. The molecule has 2 aromatic rings. The van der Waals surface area contributed by atoms with Crippen LogP contribution in [0.4, 0.5) is 5.69 Å². The van der Waals surface area contributed by atoms with Gasteiger partial charge in [-0.3, -0.25) is 9.78 Å². The number of nitrogens with zero attached hydrogens (tertiary/aromatic N) is 1. The molecule has 0 atom stereocenters. The van der Waals surface area contributed by atoms with Gasteiger partial charge in [0.2, 0.25) is 5.91 Å². The molecule has 1 amide bonds. The lowest BCUT2D eigenvalue weighted by Gasteiger charge is -2.28. The van der Waals surface area contributed by atoms with Gasteiger partial charge < -0.3 is 15.1 Å². The van der Waals surface area contributed by atoms with Crippen LogP contribution in [0.15, 0.2) is 27.4 Å². The molecule has 1 heterocycles. The zero-order valence-corrected chi connectivity index (χ0v) is 11.2. The number of nitrogens with two attached hydrogens (primary N) is 1. The molecular formula is C13H17N3O3. The van der Waals surface area contributed by atoms with Crippen molar-refractivity contribution in [2.45, 2.75) is 13.8 Å². The third-order valence-corrected chi connectivity index (χ3v) is 3.18. The summed E-state index contributed by atoms with van der Waals surface area (Å²) in [6.07, 6.45) is 0. The highest BCUT2D eigenvalue weighted by Crippen LogP contribution is 2.24. The summed E-state index contributed by atoms with van der Waals surface area (Å²) in [6, 6.07) is 5.08. The molecule has 0 aliphatic rings. The van der Waals surface area contributed by atoms with Gasteiger partial charge in [0.1, 0.15) is 0 Å². The number of H-pyrrole nitrogens is 1. The van der Waals surface area contributed by atoms with Gasteiger partial charge in [0.15, 0.2) is 5.58 Å². The minimum Gasteiger partial charge on any atom is -0.408 e. The Labute approximate surface area is 110 Å². The van der Waals surface area contributed by atoms with Crippen molar-refractivity contribution in [1.29, 1.82) is 0 Å². The van der Waals surface area contributed by atoms with E-state index in [-0.39, 0.29) is 12.5 Å². The van der Waals surface area contributed by atoms with Crippen LogP contribution in [0.3, 0.4) is 0 Å². The number of hydrogen-bond acceptors (Lipinski definition) is 4. The fourth-order valence-electron chi connectivity index (χ4n) is 1.81. The van der Waals surface area contributed by atoms with E-state index in [1.54, 1.807) is 39.1 Å². The first-order chi connectivity index (χ1) is 8.85. The fraction of sp³-hybridized carbons (Fsp3) is 0.385. The Bertz CT molecular complexity index is 669. The molecular weight excluding hydrogens is 246 g/mol. The number of carbonyl (C=O) groups is 1. The molecule has 0 saturated carbocycles. The Morgan fingerprint density at radius 2 is 2.16 bits per heavy atom. The van der Waals surface area contributed by atoms with Gasteiger partial charge in [-0.05, 0) is 32.0 Å². The molecule has 0 saturated heterocycles. The summed E-state index contributed by atoms with van der Waals surface area (Å²) in [5.74, 6) is -0.594. The van der Waals surface area contributed by atoms with Gasteiger partial charge in [0.25, 0.3) is 0 Å². The highest BCUT2D eigenvalue weighted by atomic mass is 16.4. The number of nitrogens with one attached hydrogen (secondary N) is 1. The summed E-state index contributed by atoms with van der Waals surface area (Å²) in [5, 5.41) is 0. The quantitative estimate of drug-likeness (QED) is 0.866. The molecule has 0 aliphatic carbocycles. The number of hydrogen-bond donors (Lipinski definition) is 2. The van der Waals surface area contributed by atoms with Gasteiger partial charge in [0, 0.05) is 19.3 Å². The highest BCUT2D eigenvalue weighted by Gasteiger charge is 2.29. The van der Waals surface area contributed by atoms with E-state index < -0.39 is 11.2 Å². The second kappa shape index (κ2) is 4.55. The number of carbonyl (C=O) groups excluding carboxylic acids is 1. The maximum absolute atomic E-state index is 12.3. The summed E-state index contributed by atoms with van der Waals surface area (Å²) in [6.45, 7) is 3.86. The topological polar surface area (TPSA) is 92.3 Å². The first-order valence-electron chi connectivity index (χ1n) is 5.96. The SMILES string of the molecule is CN(C(=O)C(C)(C)CN)c1ccc2oc(=O)[nH]c2c1. The van der Waals surface area contributed by atoms with E-state index in [4.69, 9.17) is 10.2 Å². The van der Waals surface area contributed by atoms with Gasteiger partial charge in [-0.1, -0.05) is 0 Å². The predicted molar refractivity (Wildman–Crippen MR) is 73.1 cm³/mol. The molecule has 0 radical (unpaired) electrons. The third kappa shape index (κ3) is 2.39. The van der Waals surface area contributed by atoms with Gasteiger partial charge in [-0.15, -0.1) is 0 Å². The summed E-state index contributed by atoms with van der Waals surface area (Å²) >= 11 is 0. The van der Waals surface area contributed by atoms with E-state index in [2.05, 4.69) is 4.98 Å². The zero-order valence-electron chi connectivity index (χ0n) is 11.2. The Kier molecular flexibility index (Phi) is 3.20. The lowest BCUT2D eigenvalue weighted by molar-refractivity contribution is -0.125. The molecule has 19 heavy (non-hydrogen) atoms.